The monoisotopic (exact) mass is 613 g/mol. The SMILES string of the molecule is CCOc1cc([C@@H]2C(C(=O)OC(C)C)=C(C)N=C3C[C@H](c4ccc(OC)c(OC)c4)CC(=O)C32)cc(Br)c1OC. The van der Waals surface area contributed by atoms with Crippen LogP contribution in [0.5, 0.6) is 23.0 Å². The lowest BCUT2D eigenvalue weighted by atomic mass is 9.66. The number of methoxy groups -OCH3 is 3. The zero-order valence-electron chi connectivity index (χ0n) is 24.0. The number of aliphatic imine (C=N–C) groups is 1. The third-order valence-electron chi connectivity index (χ3n) is 7.29. The van der Waals surface area contributed by atoms with E-state index in [1.165, 1.54) is 0 Å². The Bertz CT molecular complexity index is 1360. The minimum Gasteiger partial charge on any atom is -0.493 e. The average Bonchev–Trinajstić information content (AvgIpc) is 2.91. The van der Waals surface area contributed by atoms with Gasteiger partial charge in [0, 0.05) is 23.7 Å². The lowest BCUT2D eigenvalue weighted by Gasteiger charge is -2.38. The molecule has 0 bridgehead atoms. The molecular weight excluding hydrogens is 578 g/mol. The summed E-state index contributed by atoms with van der Waals surface area (Å²) in [5.41, 5.74) is 3.42. The highest BCUT2D eigenvalue weighted by atomic mass is 79.9. The molecule has 0 N–H and O–H groups in total. The predicted molar refractivity (Wildman–Crippen MR) is 156 cm³/mol. The van der Waals surface area contributed by atoms with Crippen LogP contribution in [0.25, 0.3) is 0 Å². The van der Waals surface area contributed by atoms with E-state index in [1.54, 1.807) is 42.1 Å². The van der Waals surface area contributed by atoms with Crippen molar-refractivity contribution in [2.75, 3.05) is 27.9 Å². The van der Waals surface area contributed by atoms with Crippen LogP contribution in [0, 0.1) is 5.92 Å². The number of ketones is 1. The summed E-state index contributed by atoms with van der Waals surface area (Å²) in [6, 6.07) is 9.47. The number of esters is 1. The summed E-state index contributed by atoms with van der Waals surface area (Å²) in [6.45, 7) is 7.73. The first-order chi connectivity index (χ1) is 19.1. The van der Waals surface area contributed by atoms with Crippen LogP contribution < -0.4 is 18.9 Å². The fraction of sp³-hybridized carbons (Fsp3) is 0.452. The third kappa shape index (κ3) is 5.75. The quantitative estimate of drug-likeness (QED) is 0.302. The van der Waals surface area contributed by atoms with Gasteiger partial charge < -0.3 is 23.7 Å². The van der Waals surface area contributed by atoms with E-state index < -0.39 is 17.8 Å². The van der Waals surface area contributed by atoms with Gasteiger partial charge >= 0.3 is 5.97 Å². The molecule has 0 amide bonds. The third-order valence-corrected chi connectivity index (χ3v) is 7.88. The van der Waals surface area contributed by atoms with Crippen molar-refractivity contribution < 1.29 is 33.3 Å². The molecule has 9 heteroatoms. The van der Waals surface area contributed by atoms with E-state index in [0.717, 1.165) is 16.8 Å². The number of benzene rings is 2. The summed E-state index contributed by atoms with van der Waals surface area (Å²) in [5.74, 6) is 0.583. The molecule has 2 aliphatic rings. The number of carbonyl (C=O) groups excluding carboxylic acids is 2. The van der Waals surface area contributed by atoms with Crippen molar-refractivity contribution in [2.24, 2.45) is 10.9 Å². The summed E-state index contributed by atoms with van der Waals surface area (Å²) in [7, 11) is 4.76. The maximum Gasteiger partial charge on any atom is 0.336 e. The van der Waals surface area contributed by atoms with Crippen molar-refractivity contribution >= 4 is 33.4 Å². The van der Waals surface area contributed by atoms with Crippen LogP contribution in [-0.2, 0) is 14.3 Å². The largest absolute Gasteiger partial charge is 0.493 e. The summed E-state index contributed by atoms with van der Waals surface area (Å²) >= 11 is 3.60. The number of fused-ring (bicyclic) bond motifs is 1. The molecule has 1 unspecified atom stereocenters. The minimum absolute atomic E-state index is 0.0158. The molecule has 1 aliphatic heterocycles. The van der Waals surface area contributed by atoms with Crippen LogP contribution in [0.1, 0.15) is 63.5 Å². The Balaban J connectivity index is 1.83. The smallest absolute Gasteiger partial charge is 0.336 e. The predicted octanol–water partition coefficient (Wildman–Crippen LogP) is 6.40. The summed E-state index contributed by atoms with van der Waals surface area (Å²) in [6.07, 6.45) is 0.551. The van der Waals surface area contributed by atoms with E-state index in [1.807, 2.05) is 37.3 Å². The molecule has 214 valence electrons. The number of halogens is 1. The van der Waals surface area contributed by atoms with Gasteiger partial charge in [0.1, 0.15) is 5.78 Å². The van der Waals surface area contributed by atoms with Crippen molar-refractivity contribution in [2.45, 2.75) is 58.5 Å². The zero-order valence-corrected chi connectivity index (χ0v) is 25.6. The van der Waals surface area contributed by atoms with E-state index in [9.17, 15) is 9.59 Å². The van der Waals surface area contributed by atoms with Crippen LogP contribution in [0.3, 0.4) is 0 Å². The molecule has 1 heterocycles. The molecule has 40 heavy (non-hydrogen) atoms. The van der Waals surface area contributed by atoms with Gasteiger partial charge in [-0.1, -0.05) is 6.07 Å². The van der Waals surface area contributed by atoms with E-state index in [4.69, 9.17) is 28.7 Å². The van der Waals surface area contributed by atoms with E-state index in [2.05, 4.69) is 15.9 Å². The molecule has 2 aromatic carbocycles. The number of hydrogen-bond acceptors (Lipinski definition) is 8. The molecule has 1 saturated carbocycles. The molecule has 3 atom stereocenters. The van der Waals surface area contributed by atoms with Gasteiger partial charge in [0.15, 0.2) is 23.0 Å². The van der Waals surface area contributed by atoms with Crippen molar-refractivity contribution in [1.82, 2.24) is 0 Å². The summed E-state index contributed by atoms with van der Waals surface area (Å²) in [5, 5.41) is 0. The van der Waals surface area contributed by atoms with E-state index >= 15 is 0 Å². The molecular formula is C31H36BrNO7. The molecule has 1 fully saturated rings. The fourth-order valence-electron chi connectivity index (χ4n) is 5.65. The highest BCUT2D eigenvalue weighted by Gasteiger charge is 2.46. The fourth-order valence-corrected chi connectivity index (χ4v) is 6.27. The van der Waals surface area contributed by atoms with E-state index in [0.29, 0.717) is 58.2 Å². The van der Waals surface area contributed by atoms with Gasteiger partial charge in [0.2, 0.25) is 0 Å². The van der Waals surface area contributed by atoms with Crippen molar-refractivity contribution in [3.8, 4) is 23.0 Å². The minimum atomic E-state index is -0.607. The standard InChI is InChI=1S/C31H36BrNO7/c1-8-39-26-15-20(11-21(32)30(26)38-7)28-27(31(35)40-16(2)3)17(4)33-22-12-19(13-23(34)29(22)28)18-9-10-24(36-5)25(14-18)37-6/h9-11,14-16,19,28-29H,8,12-13H2,1-7H3/t19-,28+,29?/m0/s1. The molecule has 2 aromatic rings. The molecule has 1 aliphatic carbocycles. The zero-order chi connectivity index (χ0) is 29.1. The Morgan fingerprint density at radius 1 is 0.975 bits per heavy atom. The Kier molecular flexibility index (Phi) is 9.23. The van der Waals surface area contributed by atoms with Gasteiger partial charge in [0.05, 0.1) is 50.0 Å². The molecule has 4 rings (SSSR count). The molecule has 8 nitrogen and oxygen atoms in total. The van der Waals surface area contributed by atoms with Crippen LogP contribution in [0.2, 0.25) is 0 Å². The number of ether oxygens (including phenoxy) is 5. The maximum absolute atomic E-state index is 14.0. The Morgan fingerprint density at radius 2 is 1.68 bits per heavy atom. The second-order valence-corrected chi connectivity index (χ2v) is 11.0. The second kappa shape index (κ2) is 12.5. The first-order valence-corrected chi connectivity index (χ1v) is 14.2. The van der Waals surface area contributed by atoms with Crippen molar-refractivity contribution in [3.05, 3.63) is 57.2 Å². The number of hydrogen-bond donors (Lipinski definition) is 0. The van der Waals surface area contributed by atoms with Crippen LogP contribution >= 0.6 is 15.9 Å². The number of rotatable bonds is 9. The van der Waals surface area contributed by atoms with Gasteiger partial charge in [0.25, 0.3) is 0 Å². The normalized spacial score (nSPS) is 20.6. The van der Waals surface area contributed by atoms with Gasteiger partial charge in [-0.3, -0.25) is 9.79 Å². The lowest BCUT2D eigenvalue weighted by Crippen LogP contribution is -2.41. The van der Waals surface area contributed by atoms with Gasteiger partial charge in [-0.2, -0.15) is 0 Å². The Labute approximate surface area is 243 Å². The number of allylic oxidation sites excluding steroid dienone is 1. The van der Waals surface area contributed by atoms with Crippen LogP contribution in [0.4, 0.5) is 0 Å². The Morgan fingerprint density at radius 3 is 2.30 bits per heavy atom. The Hall–Kier alpha value is -3.33. The molecule has 0 radical (unpaired) electrons. The van der Waals surface area contributed by atoms with Gasteiger partial charge in [-0.05, 0) is 91.4 Å². The molecule has 0 saturated heterocycles. The van der Waals surface area contributed by atoms with Gasteiger partial charge in [-0.15, -0.1) is 0 Å². The second-order valence-electron chi connectivity index (χ2n) is 10.2. The summed E-state index contributed by atoms with van der Waals surface area (Å²) < 4.78 is 28.6. The highest BCUT2D eigenvalue weighted by Crippen LogP contribution is 2.49. The first kappa shape index (κ1) is 29.6. The van der Waals surface area contributed by atoms with Crippen LogP contribution in [0.15, 0.2) is 51.1 Å². The first-order valence-electron chi connectivity index (χ1n) is 13.4. The topological polar surface area (TPSA) is 92.7 Å². The highest BCUT2D eigenvalue weighted by molar-refractivity contribution is 9.10. The van der Waals surface area contributed by atoms with Crippen LogP contribution in [-0.4, -0.2) is 51.5 Å². The van der Waals surface area contributed by atoms with Crippen molar-refractivity contribution in [1.29, 1.82) is 0 Å². The maximum atomic E-state index is 14.0. The molecule has 0 spiro atoms. The number of Topliss-reactive ketones (excluding diaryl/α,β-unsaturated/α-hetero) is 1. The molecule has 0 aromatic heterocycles. The van der Waals surface area contributed by atoms with Crippen molar-refractivity contribution in [3.63, 3.8) is 0 Å². The number of carbonyl (C=O) groups is 2. The average molecular weight is 615 g/mol. The summed E-state index contributed by atoms with van der Waals surface area (Å²) in [4.78, 5) is 32.3. The van der Waals surface area contributed by atoms with Gasteiger partial charge in [-0.25, -0.2) is 4.79 Å². The number of nitrogens with zero attached hydrogens (tertiary/aromatic N) is 1. The lowest BCUT2D eigenvalue weighted by molar-refractivity contribution is -0.143. The van der Waals surface area contributed by atoms with E-state index in [-0.39, 0.29) is 17.8 Å².